The highest BCUT2D eigenvalue weighted by Crippen LogP contribution is 2.12. The Labute approximate surface area is 111 Å². The van der Waals surface area contributed by atoms with E-state index < -0.39 is 18.6 Å². The fourth-order valence-corrected chi connectivity index (χ4v) is 1.45. The van der Waals surface area contributed by atoms with Crippen molar-refractivity contribution in [3.05, 3.63) is 34.3 Å². The highest BCUT2D eigenvalue weighted by Gasteiger charge is 2.26. The van der Waals surface area contributed by atoms with E-state index in [1.807, 2.05) is 29.6 Å². The Kier molecular flexibility index (Phi) is 5.61. The third kappa shape index (κ3) is 6.61. The first-order valence-corrected chi connectivity index (χ1v) is 5.95. The van der Waals surface area contributed by atoms with Gasteiger partial charge in [0.05, 0.1) is 13.1 Å². The summed E-state index contributed by atoms with van der Waals surface area (Å²) in [6.45, 7) is -1.23. The van der Waals surface area contributed by atoms with Crippen LogP contribution in [-0.2, 0) is 11.3 Å². The summed E-state index contributed by atoms with van der Waals surface area (Å²) in [5.74, 6) is -0.470. The molecular formula is C11H12BrF3N2O. The summed E-state index contributed by atoms with van der Waals surface area (Å²) in [7, 11) is 0. The van der Waals surface area contributed by atoms with Gasteiger partial charge in [0.1, 0.15) is 0 Å². The molecule has 0 saturated carbocycles. The van der Waals surface area contributed by atoms with E-state index in [9.17, 15) is 18.0 Å². The van der Waals surface area contributed by atoms with E-state index in [4.69, 9.17) is 0 Å². The van der Waals surface area contributed by atoms with Crippen molar-refractivity contribution in [1.82, 2.24) is 10.6 Å². The van der Waals surface area contributed by atoms with E-state index in [0.29, 0.717) is 6.54 Å². The largest absolute Gasteiger partial charge is 0.401 e. The van der Waals surface area contributed by atoms with Crippen molar-refractivity contribution in [3.8, 4) is 0 Å². The number of carbonyl (C=O) groups excluding carboxylic acids is 1. The van der Waals surface area contributed by atoms with Crippen LogP contribution in [0.15, 0.2) is 28.7 Å². The lowest BCUT2D eigenvalue weighted by atomic mass is 10.2. The van der Waals surface area contributed by atoms with Gasteiger partial charge in [-0.3, -0.25) is 4.79 Å². The number of amides is 1. The quantitative estimate of drug-likeness (QED) is 0.872. The van der Waals surface area contributed by atoms with Crippen molar-refractivity contribution >= 4 is 21.8 Å². The first-order valence-electron chi connectivity index (χ1n) is 5.15. The minimum absolute atomic E-state index is 0.291. The van der Waals surface area contributed by atoms with Crippen LogP contribution in [-0.4, -0.2) is 25.2 Å². The van der Waals surface area contributed by atoms with Gasteiger partial charge in [0.15, 0.2) is 0 Å². The molecule has 0 spiro atoms. The Hall–Kier alpha value is -1.08. The van der Waals surface area contributed by atoms with Gasteiger partial charge in [0, 0.05) is 11.0 Å². The summed E-state index contributed by atoms with van der Waals surface area (Å²) >= 11 is 3.27. The highest BCUT2D eigenvalue weighted by atomic mass is 79.9. The minimum Gasteiger partial charge on any atom is -0.351 e. The number of hydrogen-bond donors (Lipinski definition) is 2. The molecule has 0 saturated heterocycles. The molecular weight excluding hydrogens is 313 g/mol. The van der Waals surface area contributed by atoms with Crippen LogP contribution >= 0.6 is 15.9 Å². The van der Waals surface area contributed by atoms with Crippen LogP contribution in [0.5, 0.6) is 0 Å². The molecule has 1 amide bonds. The molecule has 0 aliphatic carbocycles. The molecule has 3 nitrogen and oxygen atoms in total. The zero-order valence-corrected chi connectivity index (χ0v) is 10.9. The molecule has 1 aromatic rings. The van der Waals surface area contributed by atoms with E-state index >= 15 is 0 Å². The molecule has 7 heteroatoms. The monoisotopic (exact) mass is 324 g/mol. The van der Waals surface area contributed by atoms with Crippen molar-refractivity contribution in [3.63, 3.8) is 0 Å². The molecule has 0 unspecified atom stereocenters. The number of carbonyl (C=O) groups is 1. The molecule has 0 aromatic heterocycles. The zero-order valence-electron chi connectivity index (χ0n) is 9.35. The van der Waals surface area contributed by atoms with Gasteiger partial charge >= 0.3 is 6.18 Å². The molecule has 0 bridgehead atoms. The first-order chi connectivity index (χ1) is 8.37. The number of alkyl halides is 3. The third-order valence-electron chi connectivity index (χ3n) is 2.01. The molecule has 0 heterocycles. The Balaban J connectivity index is 2.23. The molecule has 0 fully saturated rings. The second-order valence-corrected chi connectivity index (χ2v) is 4.54. The molecule has 18 heavy (non-hydrogen) atoms. The number of halogens is 4. The molecule has 0 atom stereocenters. The van der Waals surface area contributed by atoms with Crippen LogP contribution in [0.25, 0.3) is 0 Å². The number of nitrogens with one attached hydrogen (secondary N) is 2. The van der Waals surface area contributed by atoms with Gasteiger partial charge in [0.2, 0.25) is 5.91 Å². The highest BCUT2D eigenvalue weighted by molar-refractivity contribution is 9.10. The first kappa shape index (κ1) is 15.0. The minimum atomic E-state index is -4.30. The Morgan fingerprint density at radius 2 is 1.83 bits per heavy atom. The summed E-state index contributed by atoms with van der Waals surface area (Å²) in [5, 5.41) is 4.55. The molecule has 1 rings (SSSR count). The lowest BCUT2D eigenvalue weighted by molar-refractivity contribution is -0.128. The number of rotatable bonds is 5. The second kappa shape index (κ2) is 6.75. The van der Waals surface area contributed by atoms with Gasteiger partial charge in [-0.05, 0) is 17.7 Å². The summed E-state index contributed by atoms with van der Waals surface area (Å²) < 4.78 is 36.3. The number of hydrogen-bond acceptors (Lipinski definition) is 2. The van der Waals surface area contributed by atoms with Crippen LogP contribution < -0.4 is 10.6 Å². The fraction of sp³-hybridized carbons (Fsp3) is 0.364. The molecule has 1 aromatic carbocycles. The van der Waals surface area contributed by atoms with Crippen LogP contribution in [0, 0.1) is 0 Å². The maximum Gasteiger partial charge on any atom is 0.401 e. The summed E-state index contributed by atoms with van der Waals surface area (Å²) in [5.41, 5.74) is 0.877. The summed E-state index contributed by atoms with van der Waals surface area (Å²) in [6.07, 6.45) is -4.30. The van der Waals surface area contributed by atoms with Gasteiger partial charge in [0.25, 0.3) is 0 Å². The van der Waals surface area contributed by atoms with Crippen LogP contribution in [0.2, 0.25) is 0 Å². The average Bonchev–Trinajstić information content (AvgIpc) is 2.26. The average molecular weight is 325 g/mol. The normalized spacial score (nSPS) is 11.3. The third-order valence-corrected chi connectivity index (χ3v) is 2.54. The summed E-state index contributed by atoms with van der Waals surface area (Å²) in [4.78, 5) is 11.2. The topological polar surface area (TPSA) is 41.1 Å². The molecule has 2 N–H and O–H groups in total. The second-order valence-electron chi connectivity index (χ2n) is 3.62. The lowest BCUT2D eigenvalue weighted by Crippen LogP contribution is -2.37. The van der Waals surface area contributed by atoms with Gasteiger partial charge in [-0.15, -0.1) is 0 Å². The Bertz CT molecular complexity index is 392. The molecule has 0 aliphatic heterocycles. The van der Waals surface area contributed by atoms with Crippen molar-refractivity contribution in [1.29, 1.82) is 0 Å². The molecule has 0 radical (unpaired) electrons. The van der Waals surface area contributed by atoms with Crippen LogP contribution in [0.1, 0.15) is 5.56 Å². The predicted octanol–water partition coefficient (Wildman–Crippen LogP) is 2.22. The van der Waals surface area contributed by atoms with E-state index in [1.54, 1.807) is 0 Å². The van der Waals surface area contributed by atoms with Crippen molar-refractivity contribution < 1.29 is 18.0 Å². The molecule has 0 aliphatic rings. The van der Waals surface area contributed by atoms with E-state index in [2.05, 4.69) is 21.2 Å². The lowest BCUT2D eigenvalue weighted by Gasteiger charge is -2.08. The predicted molar refractivity (Wildman–Crippen MR) is 64.9 cm³/mol. The van der Waals surface area contributed by atoms with Crippen LogP contribution in [0.3, 0.4) is 0 Å². The van der Waals surface area contributed by atoms with Crippen molar-refractivity contribution in [2.24, 2.45) is 0 Å². The van der Waals surface area contributed by atoms with Gasteiger partial charge < -0.3 is 10.6 Å². The van der Waals surface area contributed by atoms with Gasteiger partial charge in [-0.25, -0.2) is 0 Å². The Morgan fingerprint density at radius 3 is 2.39 bits per heavy atom. The van der Waals surface area contributed by atoms with E-state index in [-0.39, 0.29) is 6.54 Å². The maximum absolute atomic E-state index is 11.8. The zero-order chi connectivity index (χ0) is 13.6. The molecule has 100 valence electrons. The van der Waals surface area contributed by atoms with Crippen molar-refractivity contribution in [2.45, 2.75) is 12.7 Å². The van der Waals surface area contributed by atoms with E-state index in [0.717, 1.165) is 10.0 Å². The fourth-order valence-electron chi connectivity index (χ4n) is 1.18. The SMILES string of the molecule is O=C(CNCC(F)(F)F)NCc1ccc(Br)cc1. The Morgan fingerprint density at radius 1 is 1.22 bits per heavy atom. The maximum atomic E-state index is 11.8. The van der Waals surface area contributed by atoms with Gasteiger partial charge in [-0.2, -0.15) is 13.2 Å². The standard InChI is InChI=1S/C11H12BrF3N2O/c12-9-3-1-8(2-4-9)5-17-10(18)6-16-7-11(13,14)15/h1-4,16H,5-7H2,(H,17,18). The smallest absolute Gasteiger partial charge is 0.351 e. The van der Waals surface area contributed by atoms with Gasteiger partial charge in [-0.1, -0.05) is 28.1 Å². The van der Waals surface area contributed by atoms with E-state index in [1.165, 1.54) is 0 Å². The van der Waals surface area contributed by atoms with Crippen LogP contribution in [0.4, 0.5) is 13.2 Å². The summed E-state index contributed by atoms with van der Waals surface area (Å²) in [6, 6.07) is 7.27. The number of benzene rings is 1. The van der Waals surface area contributed by atoms with Crippen molar-refractivity contribution in [2.75, 3.05) is 13.1 Å².